The van der Waals surface area contributed by atoms with Crippen LogP contribution in [0.3, 0.4) is 0 Å². The third-order valence-electron chi connectivity index (χ3n) is 1.65. The van der Waals surface area contributed by atoms with Gasteiger partial charge in [0, 0.05) is 3.57 Å². The Morgan fingerprint density at radius 2 is 1.87 bits per heavy atom. The first kappa shape index (κ1) is 12.5. The van der Waals surface area contributed by atoms with Crippen molar-refractivity contribution in [3.05, 3.63) is 25.2 Å². The van der Waals surface area contributed by atoms with Crippen LogP contribution in [-0.2, 0) is 3.79 Å². The van der Waals surface area contributed by atoms with Crippen molar-refractivity contribution in [2.45, 2.75) is 3.79 Å². The van der Waals surface area contributed by atoms with Gasteiger partial charge in [0.25, 0.3) is 3.79 Å². The van der Waals surface area contributed by atoms with E-state index in [0.717, 1.165) is 7.14 Å². The highest BCUT2D eigenvalue weighted by atomic mass is 127. The molecule has 0 aliphatic carbocycles. The van der Waals surface area contributed by atoms with E-state index in [2.05, 4.69) is 50.2 Å². The van der Waals surface area contributed by atoms with Gasteiger partial charge in [-0.25, -0.2) is 4.98 Å². The molecule has 0 spiro atoms. The molecule has 80 valence electrons. The average Bonchev–Trinajstić information content (AvgIpc) is 2.46. The maximum atomic E-state index is 5.69. The number of fused-ring (bicyclic) bond motifs is 1. The van der Waals surface area contributed by atoms with Crippen molar-refractivity contribution >= 4 is 91.1 Å². The Bertz CT molecular complexity index is 520. The minimum atomic E-state index is -1.62. The summed E-state index contributed by atoms with van der Waals surface area (Å²) in [4.78, 5) is 4.13. The number of benzene rings is 1. The fourth-order valence-corrected chi connectivity index (χ4v) is 3.25. The zero-order valence-corrected chi connectivity index (χ0v) is 13.5. The summed E-state index contributed by atoms with van der Waals surface area (Å²) in [5.74, 6) is 0.0995. The van der Waals surface area contributed by atoms with E-state index in [-0.39, 0.29) is 5.89 Å². The van der Waals surface area contributed by atoms with Crippen molar-refractivity contribution in [3.63, 3.8) is 0 Å². The summed E-state index contributed by atoms with van der Waals surface area (Å²) in [6.07, 6.45) is 0. The summed E-state index contributed by atoms with van der Waals surface area (Å²) in [7, 11) is 0. The van der Waals surface area contributed by atoms with Gasteiger partial charge in [-0.3, -0.25) is 0 Å². The first-order valence-corrected chi connectivity index (χ1v) is 7.00. The first-order valence-electron chi connectivity index (χ1n) is 3.71. The van der Waals surface area contributed by atoms with Crippen molar-refractivity contribution < 1.29 is 4.42 Å². The molecule has 7 heteroatoms. The number of rotatable bonds is 0. The maximum Gasteiger partial charge on any atom is 0.266 e. The number of aromatic nitrogens is 1. The van der Waals surface area contributed by atoms with E-state index < -0.39 is 3.79 Å². The Hall–Kier alpha value is 1.02. The van der Waals surface area contributed by atoms with E-state index in [1.54, 1.807) is 0 Å². The molecule has 2 aromatic rings. The van der Waals surface area contributed by atoms with Gasteiger partial charge < -0.3 is 4.42 Å². The van der Waals surface area contributed by atoms with Gasteiger partial charge in [-0.1, -0.05) is 34.8 Å². The van der Waals surface area contributed by atoms with Crippen molar-refractivity contribution in [1.82, 2.24) is 4.98 Å². The molecule has 0 saturated carbocycles. The molecule has 0 aliphatic heterocycles. The second kappa shape index (κ2) is 4.36. The molecule has 0 aliphatic rings. The summed E-state index contributed by atoms with van der Waals surface area (Å²) in [5, 5.41) is 0. The van der Waals surface area contributed by atoms with Gasteiger partial charge in [-0.05, 0) is 57.3 Å². The molecule has 1 aromatic carbocycles. The third kappa shape index (κ3) is 2.65. The van der Waals surface area contributed by atoms with E-state index >= 15 is 0 Å². The van der Waals surface area contributed by atoms with Crippen LogP contribution in [0.25, 0.3) is 11.1 Å². The standard InChI is InChI=1S/C8H2Cl3I2NO/c9-8(10,11)7-14-5-2-3(12)1-4(13)6(5)15-7/h1-2H. The van der Waals surface area contributed by atoms with Crippen LogP contribution in [0.4, 0.5) is 0 Å². The highest BCUT2D eigenvalue weighted by molar-refractivity contribution is 14.1. The topological polar surface area (TPSA) is 26.0 Å². The number of hydrogen-bond donors (Lipinski definition) is 0. The Morgan fingerprint density at radius 3 is 2.47 bits per heavy atom. The minimum absolute atomic E-state index is 0.0995. The molecule has 0 atom stereocenters. The second-order valence-electron chi connectivity index (χ2n) is 2.75. The molecule has 0 fully saturated rings. The maximum absolute atomic E-state index is 5.69. The monoisotopic (exact) mass is 487 g/mol. The Kier molecular flexibility index (Phi) is 3.63. The molecule has 2 nitrogen and oxygen atoms in total. The fraction of sp³-hybridized carbons (Fsp3) is 0.125. The van der Waals surface area contributed by atoms with Gasteiger partial charge in [-0.2, -0.15) is 0 Å². The lowest BCUT2D eigenvalue weighted by molar-refractivity contribution is 0.538. The van der Waals surface area contributed by atoms with Crippen LogP contribution in [-0.4, -0.2) is 4.98 Å². The van der Waals surface area contributed by atoms with Crippen molar-refractivity contribution in [2.24, 2.45) is 0 Å². The fourth-order valence-electron chi connectivity index (χ4n) is 1.08. The largest absolute Gasteiger partial charge is 0.435 e. The van der Waals surface area contributed by atoms with E-state index in [1.807, 2.05) is 12.1 Å². The third-order valence-corrected chi connectivity index (χ3v) is 3.56. The zero-order valence-electron chi connectivity index (χ0n) is 6.90. The molecule has 0 N–H and O–H groups in total. The van der Waals surface area contributed by atoms with Gasteiger partial charge in [-0.15, -0.1) is 0 Å². The van der Waals surface area contributed by atoms with Gasteiger partial charge in [0.05, 0.1) is 3.57 Å². The summed E-state index contributed by atoms with van der Waals surface area (Å²) in [6.45, 7) is 0. The minimum Gasteiger partial charge on any atom is -0.435 e. The molecule has 0 saturated heterocycles. The van der Waals surface area contributed by atoms with Gasteiger partial charge in [0.15, 0.2) is 5.58 Å². The predicted octanol–water partition coefficient (Wildman–Crippen LogP) is 4.86. The lowest BCUT2D eigenvalue weighted by Crippen LogP contribution is -1.99. The predicted molar refractivity (Wildman–Crippen MR) is 78.7 cm³/mol. The normalized spacial score (nSPS) is 12.3. The molecule has 1 aromatic heterocycles. The molecule has 0 radical (unpaired) electrons. The molecule has 1 heterocycles. The summed E-state index contributed by atoms with van der Waals surface area (Å²) in [5.41, 5.74) is 1.35. The van der Waals surface area contributed by atoms with Gasteiger partial charge in [0.2, 0.25) is 5.89 Å². The van der Waals surface area contributed by atoms with Crippen LogP contribution >= 0.6 is 80.0 Å². The van der Waals surface area contributed by atoms with Gasteiger partial charge in [0.1, 0.15) is 5.52 Å². The quantitative estimate of drug-likeness (QED) is 0.391. The summed E-state index contributed by atoms with van der Waals surface area (Å²) in [6, 6.07) is 3.85. The number of hydrogen-bond acceptors (Lipinski definition) is 2. The van der Waals surface area contributed by atoms with E-state index in [0.29, 0.717) is 11.1 Å². The summed E-state index contributed by atoms with van der Waals surface area (Å²) >= 11 is 21.4. The number of nitrogens with zero attached hydrogens (tertiary/aromatic N) is 1. The van der Waals surface area contributed by atoms with E-state index in [4.69, 9.17) is 39.2 Å². The van der Waals surface area contributed by atoms with E-state index in [9.17, 15) is 0 Å². The Labute approximate surface area is 128 Å². The molecular formula is C8H2Cl3I2NO. The van der Waals surface area contributed by atoms with Crippen LogP contribution in [0.5, 0.6) is 0 Å². The average molecular weight is 488 g/mol. The first-order chi connectivity index (χ1) is 6.88. The highest BCUT2D eigenvalue weighted by Crippen LogP contribution is 2.39. The highest BCUT2D eigenvalue weighted by Gasteiger charge is 2.30. The van der Waals surface area contributed by atoms with Crippen molar-refractivity contribution in [3.8, 4) is 0 Å². The lowest BCUT2D eigenvalue weighted by atomic mass is 10.3. The van der Waals surface area contributed by atoms with Gasteiger partial charge >= 0.3 is 0 Å². The lowest BCUT2D eigenvalue weighted by Gasteiger charge is -2.02. The molecule has 0 amide bonds. The molecule has 0 unspecified atom stereocenters. The summed E-state index contributed by atoms with van der Waals surface area (Å²) < 4.78 is 5.79. The smallest absolute Gasteiger partial charge is 0.266 e. The van der Waals surface area contributed by atoms with Crippen LogP contribution in [0, 0.1) is 7.14 Å². The zero-order chi connectivity index (χ0) is 11.2. The van der Waals surface area contributed by atoms with Crippen LogP contribution in [0.1, 0.15) is 5.89 Å². The number of alkyl halides is 3. The van der Waals surface area contributed by atoms with Crippen LogP contribution in [0.15, 0.2) is 16.5 Å². The SMILES string of the molecule is ClC(Cl)(Cl)c1nc2cc(I)cc(I)c2o1. The van der Waals surface area contributed by atoms with Crippen molar-refractivity contribution in [1.29, 1.82) is 0 Å². The van der Waals surface area contributed by atoms with Crippen LogP contribution in [0.2, 0.25) is 0 Å². The molecule has 0 bridgehead atoms. The van der Waals surface area contributed by atoms with E-state index in [1.165, 1.54) is 0 Å². The number of oxazole rings is 1. The Morgan fingerprint density at radius 1 is 1.20 bits per heavy atom. The molecular weight excluding hydrogens is 486 g/mol. The van der Waals surface area contributed by atoms with Crippen molar-refractivity contribution in [2.75, 3.05) is 0 Å². The molecule has 15 heavy (non-hydrogen) atoms. The Balaban J connectivity index is 2.71. The molecule has 2 rings (SSSR count). The second-order valence-corrected chi connectivity index (χ2v) is 7.44. The number of halogens is 5. The van der Waals surface area contributed by atoms with Crippen LogP contribution < -0.4 is 0 Å².